The predicted octanol–water partition coefficient (Wildman–Crippen LogP) is 4.06. The summed E-state index contributed by atoms with van der Waals surface area (Å²) in [5.41, 5.74) is 2.83. The first-order valence-corrected chi connectivity index (χ1v) is 10.4. The van der Waals surface area contributed by atoms with Crippen molar-refractivity contribution in [3.05, 3.63) is 53.7 Å². The molecule has 0 bridgehead atoms. The average Bonchev–Trinajstić information content (AvgIpc) is 3.22. The van der Waals surface area contributed by atoms with Crippen LogP contribution < -0.4 is 19.7 Å². The molecule has 0 saturated heterocycles. The van der Waals surface area contributed by atoms with Gasteiger partial charge in [0.15, 0.2) is 0 Å². The highest BCUT2D eigenvalue weighted by Gasteiger charge is 2.24. The molecule has 0 atom stereocenters. The van der Waals surface area contributed by atoms with Gasteiger partial charge in [0.2, 0.25) is 5.91 Å². The molecule has 2 N–H and O–H groups in total. The van der Waals surface area contributed by atoms with E-state index in [9.17, 15) is 9.59 Å². The number of rotatable bonds is 9. The van der Waals surface area contributed by atoms with Crippen molar-refractivity contribution in [3.63, 3.8) is 0 Å². The van der Waals surface area contributed by atoms with E-state index in [-0.39, 0.29) is 18.4 Å². The maximum Gasteiger partial charge on any atom is 0.268 e. The molecule has 0 aliphatic heterocycles. The highest BCUT2D eigenvalue weighted by atomic mass is 16.5. The van der Waals surface area contributed by atoms with E-state index in [4.69, 9.17) is 9.47 Å². The summed E-state index contributed by atoms with van der Waals surface area (Å²) in [6.07, 6.45) is 1.73. The zero-order valence-corrected chi connectivity index (χ0v) is 18.5. The summed E-state index contributed by atoms with van der Waals surface area (Å²) in [5, 5.41) is 3.67. The number of hydrogen-bond acceptors (Lipinski definition) is 4. The zero-order valence-electron chi connectivity index (χ0n) is 18.5. The fraction of sp³-hybridized carbons (Fsp3) is 0.333. The average molecular weight is 424 g/mol. The normalized spacial score (nSPS) is 10.7. The quantitative estimate of drug-likeness (QED) is 0.544. The summed E-state index contributed by atoms with van der Waals surface area (Å²) in [7, 11) is 3.13. The first-order chi connectivity index (χ1) is 15.0. The Kier molecular flexibility index (Phi) is 7.18. The number of fused-ring (bicyclic) bond motifs is 1. The van der Waals surface area contributed by atoms with Crippen molar-refractivity contribution >= 4 is 28.4 Å². The van der Waals surface area contributed by atoms with Gasteiger partial charge in [0, 0.05) is 17.4 Å². The number of hydrogen-bond donors (Lipinski definition) is 2. The molecular formula is C24H29N3O4. The van der Waals surface area contributed by atoms with Crippen LogP contribution in [0.4, 0.5) is 5.69 Å². The van der Waals surface area contributed by atoms with Gasteiger partial charge in [-0.05, 0) is 43.2 Å². The minimum absolute atomic E-state index is 0.141. The Morgan fingerprint density at radius 3 is 2.35 bits per heavy atom. The van der Waals surface area contributed by atoms with Gasteiger partial charge in [-0.2, -0.15) is 0 Å². The lowest BCUT2D eigenvalue weighted by Crippen LogP contribution is -2.41. The minimum Gasteiger partial charge on any atom is -0.494 e. The van der Waals surface area contributed by atoms with Crippen LogP contribution in [0.5, 0.6) is 11.5 Å². The number of anilines is 1. The molecule has 7 nitrogen and oxygen atoms in total. The molecule has 31 heavy (non-hydrogen) atoms. The van der Waals surface area contributed by atoms with E-state index >= 15 is 0 Å². The lowest BCUT2D eigenvalue weighted by molar-refractivity contribution is -0.117. The number of ether oxygens (including phenoxy) is 2. The zero-order chi connectivity index (χ0) is 22.4. The molecule has 3 rings (SSSR count). The summed E-state index contributed by atoms with van der Waals surface area (Å²) < 4.78 is 11.1. The van der Waals surface area contributed by atoms with Gasteiger partial charge in [-0.3, -0.25) is 9.59 Å². The van der Waals surface area contributed by atoms with Crippen LogP contribution in [0, 0.1) is 6.92 Å². The van der Waals surface area contributed by atoms with Gasteiger partial charge in [-0.15, -0.1) is 0 Å². The summed E-state index contributed by atoms with van der Waals surface area (Å²) in [5.74, 6) is 0.549. The molecule has 7 heteroatoms. The van der Waals surface area contributed by atoms with Crippen molar-refractivity contribution in [1.82, 2.24) is 10.3 Å². The number of H-pyrrole nitrogens is 1. The lowest BCUT2D eigenvalue weighted by Gasteiger charge is -2.27. The number of para-hydroxylation sites is 1. The Hall–Kier alpha value is -3.48. The maximum absolute atomic E-state index is 13.2. The number of carbonyl (C=O) groups excluding carboxylic acids is 2. The van der Waals surface area contributed by atoms with Crippen LogP contribution in [-0.2, 0) is 4.79 Å². The number of carbonyl (C=O) groups is 2. The van der Waals surface area contributed by atoms with Crippen LogP contribution in [0.2, 0.25) is 0 Å². The molecule has 3 aromatic rings. The van der Waals surface area contributed by atoms with E-state index in [1.165, 1.54) is 0 Å². The Morgan fingerprint density at radius 2 is 1.74 bits per heavy atom. The smallest absolute Gasteiger partial charge is 0.268 e. The predicted molar refractivity (Wildman–Crippen MR) is 122 cm³/mol. The van der Waals surface area contributed by atoms with Crippen molar-refractivity contribution < 1.29 is 19.1 Å². The fourth-order valence-corrected chi connectivity index (χ4v) is 3.51. The number of methoxy groups -OCH3 is 2. The highest BCUT2D eigenvalue weighted by molar-refractivity contribution is 6.03. The van der Waals surface area contributed by atoms with E-state index in [0.717, 1.165) is 29.3 Å². The third-order valence-corrected chi connectivity index (χ3v) is 5.11. The third kappa shape index (κ3) is 4.99. The van der Waals surface area contributed by atoms with Gasteiger partial charge in [-0.25, -0.2) is 0 Å². The number of nitrogens with zero attached hydrogens (tertiary/aromatic N) is 1. The molecule has 1 heterocycles. The highest BCUT2D eigenvalue weighted by Crippen LogP contribution is 2.39. The molecular weight excluding hydrogens is 394 g/mol. The first kappa shape index (κ1) is 22.2. The van der Waals surface area contributed by atoms with Crippen molar-refractivity contribution in [2.24, 2.45) is 0 Å². The standard InChI is InChI=1S/C24H29N3O4/c1-5-6-11-27(23-20(30-3)12-16(2)13-21(23)31-4)22(28)15-25-24(29)19-14-17-9-7-8-10-18(17)26-19/h7-10,12-14,26H,5-6,11,15H2,1-4H3,(H,25,29). The second-order valence-electron chi connectivity index (χ2n) is 7.37. The van der Waals surface area contributed by atoms with E-state index in [0.29, 0.717) is 29.4 Å². The molecule has 0 unspecified atom stereocenters. The van der Waals surface area contributed by atoms with Crippen LogP contribution >= 0.6 is 0 Å². The van der Waals surface area contributed by atoms with E-state index in [1.54, 1.807) is 25.2 Å². The Balaban J connectivity index is 1.81. The number of aromatic amines is 1. The largest absolute Gasteiger partial charge is 0.494 e. The summed E-state index contributed by atoms with van der Waals surface area (Å²) >= 11 is 0. The minimum atomic E-state index is -0.331. The van der Waals surface area contributed by atoms with Gasteiger partial charge >= 0.3 is 0 Å². The molecule has 0 aliphatic rings. The number of aryl methyl sites for hydroxylation is 1. The van der Waals surface area contributed by atoms with E-state index < -0.39 is 0 Å². The number of benzene rings is 2. The second-order valence-corrected chi connectivity index (χ2v) is 7.37. The van der Waals surface area contributed by atoms with Gasteiger partial charge in [0.1, 0.15) is 22.9 Å². The summed E-state index contributed by atoms with van der Waals surface area (Å²) in [6.45, 7) is 4.35. The number of unbranched alkanes of at least 4 members (excludes halogenated alkanes) is 1. The monoisotopic (exact) mass is 423 g/mol. The van der Waals surface area contributed by atoms with Crippen molar-refractivity contribution in [2.75, 3.05) is 32.2 Å². The third-order valence-electron chi connectivity index (χ3n) is 5.11. The topological polar surface area (TPSA) is 83.7 Å². The molecule has 0 spiro atoms. The summed E-state index contributed by atoms with van der Waals surface area (Å²) in [4.78, 5) is 30.5. The first-order valence-electron chi connectivity index (χ1n) is 10.4. The summed E-state index contributed by atoms with van der Waals surface area (Å²) in [6, 6.07) is 13.2. The molecule has 164 valence electrons. The molecule has 0 aliphatic carbocycles. The molecule has 0 saturated carbocycles. The van der Waals surface area contributed by atoms with E-state index in [1.807, 2.05) is 43.3 Å². The van der Waals surface area contributed by atoms with Crippen LogP contribution in [0.1, 0.15) is 35.8 Å². The van der Waals surface area contributed by atoms with Gasteiger partial charge in [-0.1, -0.05) is 31.5 Å². The molecule has 0 radical (unpaired) electrons. The van der Waals surface area contributed by atoms with Crippen molar-refractivity contribution in [3.8, 4) is 11.5 Å². The maximum atomic E-state index is 13.2. The van der Waals surface area contributed by atoms with Crippen molar-refractivity contribution in [1.29, 1.82) is 0 Å². The van der Waals surface area contributed by atoms with Crippen LogP contribution in [0.15, 0.2) is 42.5 Å². The Morgan fingerprint density at radius 1 is 1.06 bits per heavy atom. The number of amides is 2. The molecule has 0 fully saturated rings. The molecule has 2 aromatic carbocycles. The number of aromatic nitrogens is 1. The van der Waals surface area contributed by atoms with Gasteiger partial charge in [0.25, 0.3) is 5.91 Å². The lowest BCUT2D eigenvalue weighted by atomic mass is 10.1. The Labute approximate surface area is 182 Å². The van der Waals surface area contributed by atoms with Crippen molar-refractivity contribution in [2.45, 2.75) is 26.7 Å². The van der Waals surface area contributed by atoms with Crippen LogP contribution in [-0.4, -0.2) is 44.1 Å². The fourth-order valence-electron chi connectivity index (χ4n) is 3.51. The van der Waals surface area contributed by atoms with Crippen LogP contribution in [0.3, 0.4) is 0 Å². The molecule has 1 aromatic heterocycles. The van der Waals surface area contributed by atoms with Gasteiger partial charge in [0.05, 0.1) is 20.8 Å². The van der Waals surface area contributed by atoms with Crippen LogP contribution in [0.25, 0.3) is 10.9 Å². The SMILES string of the molecule is CCCCN(C(=O)CNC(=O)c1cc2ccccc2[nH]1)c1c(OC)cc(C)cc1OC. The Bertz CT molecular complexity index is 1020. The molecule has 2 amide bonds. The second kappa shape index (κ2) is 10.0. The number of nitrogens with one attached hydrogen (secondary N) is 2. The van der Waals surface area contributed by atoms with Gasteiger partial charge < -0.3 is 24.7 Å². The van der Waals surface area contributed by atoms with E-state index in [2.05, 4.69) is 17.2 Å².